The summed E-state index contributed by atoms with van der Waals surface area (Å²) in [5.41, 5.74) is 1.69. The van der Waals surface area contributed by atoms with Crippen molar-refractivity contribution in [3.05, 3.63) is 53.3 Å². The molecule has 6 nitrogen and oxygen atoms in total. The predicted octanol–water partition coefficient (Wildman–Crippen LogP) is 1.77. The van der Waals surface area contributed by atoms with Gasteiger partial charge in [0.1, 0.15) is 0 Å². The van der Waals surface area contributed by atoms with Crippen molar-refractivity contribution < 1.29 is 14.7 Å². The Bertz CT molecular complexity index is 644. The molecule has 1 aromatic heterocycles. The van der Waals surface area contributed by atoms with Crippen LogP contribution in [-0.2, 0) is 6.54 Å². The highest BCUT2D eigenvalue weighted by atomic mass is 16.4. The Labute approximate surface area is 122 Å². The standard InChI is InChI=1S/C15H17N3O3/c1-10(2)17-14(19)12-5-3-11(4-6-12)8-18-9-13(7-16-18)15(20)21/h3-7,9-10H,8H2,1-2H3,(H,17,19)(H,20,21). The van der Waals surface area contributed by atoms with Gasteiger partial charge in [0, 0.05) is 17.8 Å². The molecule has 110 valence electrons. The molecule has 6 heteroatoms. The zero-order chi connectivity index (χ0) is 15.4. The molecule has 0 fully saturated rings. The van der Waals surface area contributed by atoms with Gasteiger partial charge >= 0.3 is 5.97 Å². The van der Waals surface area contributed by atoms with Crippen LogP contribution in [0.25, 0.3) is 0 Å². The van der Waals surface area contributed by atoms with E-state index >= 15 is 0 Å². The lowest BCUT2D eigenvalue weighted by atomic mass is 10.1. The fourth-order valence-corrected chi connectivity index (χ4v) is 1.85. The Morgan fingerprint density at radius 2 is 1.90 bits per heavy atom. The molecule has 0 atom stereocenters. The topological polar surface area (TPSA) is 84.2 Å². The molecule has 0 aliphatic heterocycles. The molecule has 2 rings (SSSR count). The second-order valence-electron chi connectivity index (χ2n) is 5.06. The molecule has 2 N–H and O–H groups in total. The van der Waals surface area contributed by atoms with E-state index in [1.165, 1.54) is 12.4 Å². The van der Waals surface area contributed by atoms with Gasteiger partial charge in [-0.1, -0.05) is 12.1 Å². The van der Waals surface area contributed by atoms with Gasteiger partial charge in [-0.2, -0.15) is 5.10 Å². The highest BCUT2D eigenvalue weighted by molar-refractivity contribution is 5.94. The van der Waals surface area contributed by atoms with Crippen LogP contribution in [0.4, 0.5) is 0 Å². The first-order valence-corrected chi connectivity index (χ1v) is 6.61. The van der Waals surface area contributed by atoms with Gasteiger partial charge in [0.05, 0.1) is 18.3 Å². The molecule has 0 aliphatic rings. The van der Waals surface area contributed by atoms with Crippen LogP contribution in [0.15, 0.2) is 36.7 Å². The number of aromatic nitrogens is 2. The number of amides is 1. The number of aromatic carboxylic acids is 1. The van der Waals surface area contributed by atoms with Crippen LogP contribution in [0.5, 0.6) is 0 Å². The molecule has 0 aliphatic carbocycles. The summed E-state index contributed by atoms with van der Waals surface area (Å²) in [6.07, 6.45) is 2.79. The van der Waals surface area contributed by atoms with Crippen molar-refractivity contribution in [1.82, 2.24) is 15.1 Å². The molecule has 21 heavy (non-hydrogen) atoms. The van der Waals surface area contributed by atoms with E-state index in [-0.39, 0.29) is 17.5 Å². The quantitative estimate of drug-likeness (QED) is 0.877. The molecule has 0 radical (unpaired) electrons. The zero-order valence-electron chi connectivity index (χ0n) is 11.9. The van der Waals surface area contributed by atoms with E-state index in [0.717, 1.165) is 5.56 Å². The van der Waals surface area contributed by atoms with E-state index < -0.39 is 5.97 Å². The fraction of sp³-hybridized carbons (Fsp3) is 0.267. The summed E-state index contributed by atoms with van der Waals surface area (Å²) in [5, 5.41) is 15.6. The Kier molecular flexibility index (Phi) is 4.37. The number of carboxylic acid groups (broad SMARTS) is 1. The maximum absolute atomic E-state index is 11.8. The third-order valence-electron chi connectivity index (χ3n) is 2.86. The van der Waals surface area contributed by atoms with E-state index in [1.807, 2.05) is 26.0 Å². The van der Waals surface area contributed by atoms with Crippen molar-refractivity contribution in [1.29, 1.82) is 0 Å². The number of hydrogen-bond donors (Lipinski definition) is 2. The number of hydrogen-bond acceptors (Lipinski definition) is 3. The van der Waals surface area contributed by atoms with Gasteiger partial charge in [-0.15, -0.1) is 0 Å². The largest absolute Gasteiger partial charge is 0.478 e. The molecular formula is C15H17N3O3. The molecule has 1 amide bonds. The van der Waals surface area contributed by atoms with Crippen LogP contribution in [0.3, 0.4) is 0 Å². The minimum atomic E-state index is -0.998. The van der Waals surface area contributed by atoms with Crippen molar-refractivity contribution in [2.45, 2.75) is 26.4 Å². The monoisotopic (exact) mass is 287 g/mol. The van der Waals surface area contributed by atoms with E-state index in [9.17, 15) is 9.59 Å². The Morgan fingerprint density at radius 3 is 2.43 bits per heavy atom. The summed E-state index contributed by atoms with van der Waals surface area (Å²) in [6.45, 7) is 4.27. The van der Waals surface area contributed by atoms with Crippen molar-refractivity contribution in [3.63, 3.8) is 0 Å². The van der Waals surface area contributed by atoms with Crippen LogP contribution in [0.2, 0.25) is 0 Å². The molecule has 0 spiro atoms. The van der Waals surface area contributed by atoms with Crippen molar-refractivity contribution in [2.24, 2.45) is 0 Å². The normalized spacial score (nSPS) is 10.6. The second-order valence-corrected chi connectivity index (χ2v) is 5.06. The van der Waals surface area contributed by atoms with Gasteiger partial charge in [-0.05, 0) is 31.5 Å². The summed E-state index contributed by atoms with van der Waals surface area (Å²) in [5.74, 6) is -1.11. The zero-order valence-corrected chi connectivity index (χ0v) is 11.9. The number of carbonyl (C=O) groups is 2. The molecule has 0 bridgehead atoms. The first-order chi connectivity index (χ1) is 9.95. The maximum Gasteiger partial charge on any atom is 0.338 e. The van der Waals surface area contributed by atoms with Crippen molar-refractivity contribution in [3.8, 4) is 0 Å². The number of carbonyl (C=O) groups excluding carboxylic acids is 1. The third-order valence-corrected chi connectivity index (χ3v) is 2.86. The molecule has 0 saturated heterocycles. The number of nitrogens with one attached hydrogen (secondary N) is 1. The third kappa shape index (κ3) is 3.92. The number of carboxylic acids is 1. The van der Waals surface area contributed by atoms with Crippen LogP contribution in [0.1, 0.15) is 40.1 Å². The highest BCUT2D eigenvalue weighted by Crippen LogP contribution is 2.07. The predicted molar refractivity (Wildman–Crippen MR) is 77.3 cm³/mol. The molecule has 0 unspecified atom stereocenters. The molecule has 0 saturated carbocycles. The minimum absolute atomic E-state index is 0.0932. The summed E-state index contributed by atoms with van der Waals surface area (Å²) in [6, 6.07) is 7.24. The van der Waals surface area contributed by atoms with E-state index in [1.54, 1.807) is 16.8 Å². The summed E-state index contributed by atoms with van der Waals surface area (Å²) in [7, 11) is 0. The number of benzene rings is 1. The minimum Gasteiger partial charge on any atom is -0.478 e. The average molecular weight is 287 g/mol. The molecule has 1 aromatic carbocycles. The smallest absolute Gasteiger partial charge is 0.338 e. The van der Waals surface area contributed by atoms with Gasteiger partial charge in [0.2, 0.25) is 0 Å². The number of nitrogens with zero attached hydrogens (tertiary/aromatic N) is 2. The van der Waals surface area contributed by atoms with Gasteiger partial charge in [0.15, 0.2) is 0 Å². The lowest BCUT2D eigenvalue weighted by Gasteiger charge is -2.09. The molecule has 2 aromatic rings. The van der Waals surface area contributed by atoms with Gasteiger partial charge < -0.3 is 10.4 Å². The Balaban J connectivity index is 2.05. The lowest BCUT2D eigenvalue weighted by Crippen LogP contribution is -2.29. The first-order valence-electron chi connectivity index (χ1n) is 6.61. The van der Waals surface area contributed by atoms with Crippen LogP contribution >= 0.6 is 0 Å². The van der Waals surface area contributed by atoms with Crippen LogP contribution < -0.4 is 5.32 Å². The summed E-state index contributed by atoms with van der Waals surface area (Å²) >= 11 is 0. The SMILES string of the molecule is CC(C)NC(=O)c1ccc(Cn2cc(C(=O)O)cn2)cc1. The molecular weight excluding hydrogens is 270 g/mol. The average Bonchev–Trinajstić information content (AvgIpc) is 2.87. The fourth-order valence-electron chi connectivity index (χ4n) is 1.85. The van der Waals surface area contributed by atoms with Crippen molar-refractivity contribution >= 4 is 11.9 Å². The van der Waals surface area contributed by atoms with E-state index in [0.29, 0.717) is 12.1 Å². The van der Waals surface area contributed by atoms with Gasteiger partial charge in [-0.25, -0.2) is 4.79 Å². The van der Waals surface area contributed by atoms with Gasteiger partial charge in [-0.3, -0.25) is 9.48 Å². The van der Waals surface area contributed by atoms with E-state index in [4.69, 9.17) is 5.11 Å². The molecule has 1 heterocycles. The van der Waals surface area contributed by atoms with Gasteiger partial charge in [0.25, 0.3) is 5.91 Å². The maximum atomic E-state index is 11.8. The van der Waals surface area contributed by atoms with Crippen LogP contribution in [0, 0.1) is 0 Å². The first kappa shape index (κ1) is 14.8. The van der Waals surface area contributed by atoms with Crippen LogP contribution in [-0.4, -0.2) is 32.8 Å². The summed E-state index contributed by atoms with van der Waals surface area (Å²) in [4.78, 5) is 22.6. The second kappa shape index (κ2) is 6.21. The lowest BCUT2D eigenvalue weighted by molar-refractivity contribution is 0.0696. The van der Waals surface area contributed by atoms with Crippen molar-refractivity contribution in [2.75, 3.05) is 0 Å². The number of rotatable bonds is 5. The summed E-state index contributed by atoms with van der Waals surface area (Å²) < 4.78 is 1.55. The van der Waals surface area contributed by atoms with E-state index in [2.05, 4.69) is 10.4 Å². The Morgan fingerprint density at radius 1 is 1.24 bits per heavy atom. The Hall–Kier alpha value is -2.63. The highest BCUT2D eigenvalue weighted by Gasteiger charge is 2.08.